The Morgan fingerprint density at radius 2 is 1.95 bits per heavy atom. The molecule has 0 atom stereocenters. The molecule has 1 heterocycles. The molecular formula is C14H8ClFINO. The van der Waals surface area contributed by atoms with Crippen molar-refractivity contribution in [2.45, 2.75) is 0 Å². The molecule has 0 aliphatic heterocycles. The third-order valence-electron chi connectivity index (χ3n) is 2.93. The zero-order chi connectivity index (χ0) is 13.6. The molecular weight excluding hydrogens is 380 g/mol. The highest BCUT2D eigenvalue weighted by atomic mass is 127. The normalized spacial score (nSPS) is 11.1. The maximum atomic E-state index is 14.4. The van der Waals surface area contributed by atoms with Gasteiger partial charge in [0.05, 0.1) is 5.69 Å². The quantitative estimate of drug-likeness (QED) is 0.570. The summed E-state index contributed by atoms with van der Waals surface area (Å²) in [7, 11) is 0. The van der Waals surface area contributed by atoms with Gasteiger partial charge in [-0.05, 0) is 59.0 Å². The molecule has 2 nitrogen and oxygen atoms in total. The Morgan fingerprint density at radius 3 is 2.68 bits per heavy atom. The summed E-state index contributed by atoms with van der Waals surface area (Å²) >= 11 is 7.91. The lowest BCUT2D eigenvalue weighted by atomic mass is 10.1. The lowest BCUT2D eigenvalue weighted by Crippen LogP contribution is -1.82. The molecule has 0 spiro atoms. The van der Waals surface area contributed by atoms with Crippen LogP contribution in [0.1, 0.15) is 0 Å². The van der Waals surface area contributed by atoms with Crippen molar-refractivity contribution >= 4 is 45.1 Å². The van der Waals surface area contributed by atoms with Crippen LogP contribution in [0.3, 0.4) is 0 Å². The third kappa shape index (κ3) is 2.19. The fourth-order valence-electron chi connectivity index (χ4n) is 2.03. The number of aromatic amines is 1. The first-order valence-electron chi connectivity index (χ1n) is 5.52. The number of aromatic hydroxyl groups is 1. The van der Waals surface area contributed by atoms with Gasteiger partial charge in [-0.2, -0.15) is 0 Å². The highest BCUT2D eigenvalue weighted by Crippen LogP contribution is 2.35. The van der Waals surface area contributed by atoms with Crippen LogP contribution < -0.4 is 0 Å². The summed E-state index contributed by atoms with van der Waals surface area (Å²) in [4.78, 5) is 2.99. The second-order valence-corrected chi connectivity index (χ2v) is 5.85. The summed E-state index contributed by atoms with van der Waals surface area (Å²) < 4.78 is 15.4. The van der Waals surface area contributed by atoms with Gasteiger partial charge in [-0.25, -0.2) is 4.39 Å². The maximum absolute atomic E-state index is 14.4. The van der Waals surface area contributed by atoms with Crippen LogP contribution in [0.5, 0.6) is 5.75 Å². The highest BCUT2D eigenvalue weighted by Gasteiger charge is 2.16. The summed E-state index contributed by atoms with van der Waals surface area (Å²) in [6, 6.07) is 10.1. The van der Waals surface area contributed by atoms with Gasteiger partial charge in [-0.1, -0.05) is 11.6 Å². The minimum Gasteiger partial charge on any atom is -0.507 e. The fourth-order valence-corrected chi connectivity index (χ4v) is 2.69. The number of nitrogens with one attached hydrogen (secondary N) is 1. The second-order valence-electron chi connectivity index (χ2n) is 4.17. The van der Waals surface area contributed by atoms with E-state index in [0.29, 0.717) is 21.5 Å². The van der Waals surface area contributed by atoms with Gasteiger partial charge in [-0.3, -0.25) is 0 Å². The molecule has 0 aliphatic carbocycles. The Bertz CT molecular complexity index is 784. The summed E-state index contributed by atoms with van der Waals surface area (Å²) in [5.74, 6) is -0.418. The number of hydrogen-bond donors (Lipinski definition) is 2. The molecule has 0 saturated carbocycles. The van der Waals surface area contributed by atoms with Crippen LogP contribution in [-0.4, -0.2) is 10.1 Å². The number of benzene rings is 2. The van der Waals surface area contributed by atoms with E-state index in [2.05, 4.69) is 27.6 Å². The standard InChI is InChI=1S/C14H8ClFINO/c15-7-1-3-9(12(19)5-7)14-13(16)10-6-8(17)2-4-11(10)18-14/h1-6,18-19H. The van der Waals surface area contributed by atoms with E-state index in [4.69, 9.17) is 11.6 Å². The van der Waals surface area contributed by atoms with E-state index >= 15 is 0 Å². The van der Waals surface area contributed by atoms with Crippen LogP contribution in [0, 0.1) is 9.39 Å². The number of phenols is 1. The average molecular weight is 388 g/mol. The maximum Gasteiger partial charge on any atom is 0.156 e. The summed E-state index contributed by atoms with van der Waals surface area (Å²) in [5, 5.41) is 10.8. The first-order chi connectivity index (χ1) is 9.06. The third-order valence-corrected chi connectivity index (χ3v) is 3.83. The van der Waals surface area contributed by atoms with Crippen molar-refractivity contribution in [3.05, 3.63) is 50.8 Å². The number of rotatable bonds is 1. The monoisotopic (exact) mass is 387 g/mol. The molecule has 2 N–H and O–H groups in total. The van der Waals surface area contributed by atoms with Gasteiger partial charge in [-0.15, -0.1) is 0 Å². The van der Waals surface area contributed by atoms with Crippen molar-refractivity contribution in [2.75, 3.05) is 0 Å². The number of hydrogen-bond acceptors (Lipinski definition) is 1. The van der Waals surface area contributed by atoms with E-state index in [0.717, 1.165) is 3.57 Å². The van der Waals surface area contributed by atoms with Crippen molar-refractivity contribution in [3.63, 3.8) is 0 Å². The second kappa shape index (κ2) is 4.68. The molecule has 5 heteroatoms. The predicted molar refractivity (Wildman–Crippen MR) is 83.1 cm³/mol. The van der Waals surface area contributed by atoms with Gasteiger partial charge in [0.2, 0.25) is 0 Å². The zero-order valence-electron chi connectivity index (χ0n) is 9.55. The van der Waals surface area contributed by atoms with Gasteiger partial charge >= 0.3 is 0 Å². The van der Waals surface area contributed by atoms with Crippen LogP contribution in [0.2, 0.25) is 5.02 Å². The van der Waals surface area contributed by atoms with E-state index in [1.165, 1.54) is 6.07 Å². The molecule has 0 saturated heterocycles. The number of H-pyrrole nitrogens is 1. The van der Waals surface area contributed by atoms with Crippen LogP contribution in [-0.2, 0) is 0 Å². The lowest BCUT2D eigenvalue weighted by molar-refractivity contribution is 0.476. The van der Waals surface area contributed by atoms with E-state index in [1.807, 2.05) is 12.1 Å². The summed E-state index contributed by atoms with van der Waals surface area (Å²) in [5.41, 5.74) is 1.36. The van der Waals surface area contributed by atoms with Gasteiger partial charge in [0.25, 0.3) is 0 Å². The number of halogens is 3. The average Bonchev–Trinajstić information content (AvgIpc) is 2.67. The predicted octanol–water partition coefficient (Wildman–Crippen LogP) is 4.94. The van der Waals surface area contributed by atoms with Crippen molar-refractivity contribution in [3.8, 4) is 17.0 Å². The Kier molecular flexibility index (Phi) is 3.14. The Balaban J connectivity index is 2.28. The molecule has 2 aromatic carbocycles. The lowest BCUT2D eigenvalue weighted by Gasteiger charge is -2.02. The van der Waals surface area contributed by atoms with Crippen LogP contribution in [0.15, 0.2) is 36.4 Å². The van der Waals surface area contributed by atoms with Crippen molar-refractivity contribution in [1.29, 1.82) is 0 Å². The SMILES string of the molecule is Oc1cc(Cl)ccc1-c1[nH]c2ccc(I)cc2c1F. The molecule has 0 amide bonds. The Hall–Kier alpha value is -1.27. The minimum absolute atomic E-state index is 0.0485. The molecule has 0 radical (unpaired) electrons. The number of fused-ring (bicyclic) bond motifs is 1. The Labute approximate surface area is 127 Å². The molecule has 0 fully saturated rings. The molecule has 0 bridgehead atoms. The molecule has 0 aliphatic rings. The topological polar surface area (TPSA) is 36.0 Å². The summed E-state index contributed by atoms with van der Waals surface area (Å²) in [6.07, 6.45) is 0. The van der Waals surface area contributed by atoms with E-state index in [-0.39, 0.29) is 17.3 Å². The van der Waals surface area contributed by atoms with Gasteiger partial charge in [0, 0.05) is 25.1 Å². The largest absolute Gasteiger partial charge is 0.507 e. The highest BCUT2D eigenvalue weighted by molar-refractivity contribution is 14.1. The van der Waals surface area contributed by atoms with Crippen molar-refractivity contribution in [1.82, 2.24) is 4.98 Å². The van der Waals surface area contributed by atoms with Crippen molar-refractivity contribution < 1.29 is 9.50 Å². The fraction of sp³-hybridized carbons (Fsp3) is 0. The van der Waals surface area contributed by atoms with E-state index < -0.39 is 0 Å². The summed E-state index contributed by atoms with van der Waals surface area (Å²) in [6.45, 7) is 0. The first-order valence-corrected chi connectivity index (χ1v) is 6.97. The first kappa shape index (κ1) is 12.7. The van der Waals surface area contributed by atoms with Gasteiger partial charge in [0.1, 0.15) is 5.75 Å². The zero-order valence-corrected chi connectivity index (χ0v) is 12.5. The van der Waals surface area contributed by atoms with Crippen LogP contribution in [0.25, 0.3) is 22.2 Å². The van der Waals surface area contributed by atoms with Crippen LogP contribution in [0.4, 0.5) is 4.39 Å². The van der Waals surface area contributed by atoms with Gasteiger partial charge < -0.3 is 10.1 Å². The smallest absolute Gasteiger partial charge is 0.156 e. The molecule has 0 unspecified atom stereocenters. The number of phenolic OH excluding ortho intramolecular Hbond substituents is 1. The molecule has 19 heavy (non-hydrogen) atoms. The van der Waals surface area contributed by atoms with Gasteiger partial charge in [0.15, 0.2) is 5.82 Å². The number of aromatic nitrogens is 1. The molecule has 96 valence electrons. The van der Waals surface area contributed by atoms with E-state index in [1.54, 1.807) is 18.2 Å². The van der Waals surface area contributed by atoms with E-state index in [9.17, 15) is 9.50 Å². The molecule has 3 aromatic rings. The molecule has 1 aromatic heterocycles. The Morgan fingerprint density at radius 1 is 1.16 bits per heavy atom. The van der Waals surface area contributed by atoms with Crippen molar-refractivity contribution in [2.24, 2.45) is 0 Å². The molecule has 3 rings (SSSR count). The van der Waals surface area contributed by atoms with Crippen LogP contribution >= 0.6 is 34.2 Å². The minimum atomic E-state index is -0.369.